The number of carbonyl (C=O) groups excluding carboxylic acids is 1. The van der Waals surface area contributed by atoms with Crippen LogP contribution in [0.25, 0.3) is 0 Å². The summed E-state index contributed by atoms with van der Waals surface area (Å²) in [5.41, 5.74) is 0.864. The highest BCUT2D eigenvalue weighted by molar-refractivity contribution is 6.30. The van der Waals surface area contributed by atoms with Crippen LogP contribution in [0.15, 0.2) is 18.3 Å². The average molecular weight is 256 g/mol. The average Bonchev–Trinajstić information content (AvgIpc) is 2.26. The van der Waals surface area contributed by atoms with Crippen LogP contribution in [0.2, 0.25) is 5.02 Å². The summed E-state index contributed by atoms with van der Waals surface area (Å²) in [5.74, 6) is 0.0383. The van der Waals surface area contributed by atoms with E-state index in [0.29, 0.717) is 18.1 Å². The zero-order chi connectivity index (χ0) is 12.7. The zero-order valence-corrected chi connectivity index (χ0v) is 11.0. The topological polar surface area (TPSA) is 45.2 Å². The summed E-state index contributed by atoms with van der Waals surface area (Å²) in [5, 5.41) is 3.50. The number of hydrogen-bond acceptors (Lipinski definition) is 3. The monoisotopic (exact) mass is 255 g/mol. The number of pyridine rings is 1. The van der Waals surface area contributed by atoms with Gasteiger partial charge in [0.05, 0.1) is 12.2 Å². The Morgan fingerprint density at radius 3 is 3.00 bits per heavy atom. The molecule has 0 fully saturated rings. The van der Waals surface area contributed by atoms with E-state index >= 15 is 0 Å². The number of likely N-dealkylation sites (N-methyl/N-ethyl adjacent to an activating group) is 1. The van der Waals surface area contributed by atoms with Gasteiger partial charge in [0.2, 0.25) is 5.91 Å². The van der Waals surface area contributed by atoms with Crippen LogP contribution in [-0.4, -0.2) is 35.9 Å². The predicted octanol–water partition coefficient (Wildman–Crippen LogP) is 1.69. The van der Waals surface area contributed by atoms with Gasteiger partial charge in [-0.1, -0.05) is 18.5 Å². The van der Waals surface area contributed by atoms with Crippen molar-refractivity contribution in [2.75, 3.05) is 20.1 Å². The van der Waals surface area contributed by atoms with Crippen LogP contribution in [0, 0.1) is 0 Å². The SMILES string of the molecule is CCCNC(=O)CN(C)Cc1cc(Cl)ccn1. The minimum atomic E-state index is 0.0383. The summed E-state index contributed by atoms with van der Waals surface area (Å²) in [6.07, 6.45) is 2.62. The Morgan fingerprint density at radius 2 is 2.35 bits per heavy atom. The Labute approximate surface area is 107 Å². The lowest BCUT2D eigenvalue weighted by Gasteiger charge is -2.15. The summed E-state index contributed by atoms with van der Waals surface area (Å²) in [6.45, 7) is 3.73. The van der Waals surface area contributed by atoms with Gasteiger partial charge in [-0.25, -0.2) is 0 Å². The molecule has 1 N–H and O–H groups in total. The van der Waals surface area contributed by atoms with Crippen LogP contribution < -0.4 is 5.32 Å². The van der Waals surface area contributed by atoms with Gasteiger partial charge in [-0.3, -0.25) is 14.7 Å². The van der Waals surface area contributed by atoms with Crippen molar-refractivity contribution in [3.05, 3.63) is 29.0 Å². The van der Waals surface area contributed by atoms with E-state index in [2.05, 4.69) is 10.3 Å². The number of nitrogens with zero attached hydrogens (tertiary/aromatic N) is 2. The first-order valence-corrected chi connectivity index (χ1v) is 6.05. The highest BCUT2D eigenvalue weighted by Gasteiger charge is 2.07. The van der Waals surface area contributed by atoms with Crippen LogP contribution in [-0.2, 0) is 11.3 Å². The van der Waals surface area contributed by atoms with E-state index < -0.39 is 0 Å². The maximum Gasteiger partial charge on any atom is 0.234 e. The molecule has 94 valence electrons. The molecular formula is C12H18ClN3O. The van der Waals surface area contributed by atoms with E-state index in [1.807, 2.05) is 24.9 Å². The number of carbonyl (C=O) groups is 1. The van der Waals surface area contributed by atoms with Gasteiger partial charge in [0.15, 0.2) is 0 Å². The summed E-state index contributed by atoms with van der Waals surface area (Å²) in [4.78, 5) is 17.6. The van der Waals surface area contributed by atoms with E-state index in [-0.39, 0.29) is 5.91 Å². The van der Waals surface area contributed by atoms with Gasteiger partial charge in [-0.15, -0.1) is 0 Å². The molecule has 0 atom stereocenters. The van der Waals surface area contributed by atoms with Crippen molar-refractivity contribution in [3.63, 3.8) is 0 Å². The third kappa shape index (κ3) is 5.65. The van der Waals surface area contributed by atoms with Crippen LogP contribution in [0.4, 0.5) is 0 Å². The van der Waals surface area contributed by atoms with Crippen molar-refractivity contribution in [1.29, 1.82) is 0 Å². The molecule has 0 radical (unpaired) electrons. The quantitative estimate of drug-likeness (QED) is 0.842. The molecule has 4 nitrogen and oxygen atoms in total. The molecule has 1 aromatic heterocycles. The van der Waals surface area contributed by atoms with Crippen molar-refractivity contribution >= 4 is 17.5 Å². The van der Waals surface area contributed by atoms with Gasteiger partial charge in [0.25, 0.3) is 0 Å². The molecule has 0 aliphatic heterocycles. The minimum Gasteiger partial charge on any atom is -0.355 e. The fraction of sp³-hybridized carbons (Fsp3) is 0.500. The lowest BCUT2D eigenvalue weighted by Crippen LogP contribution is -2.35. The normalized spacial score (nSPS) is 10.6. The standard InChI is InChI=1S/C12H18ClN3O/c1-3-5-15-12(17)9-16(2)8-11-7-10(13)4-6-14-11/h4,6-7H,3,5,8-9H2,1-2H3,(H,15,17). The van der Waals surface area contributed by atoms with Crippen LogP contribution >= 0.6 is 11.6 Å². The molecule has 17 heavy (non-hydrogen) atoms. The first-order chi connectivity index (χ1) is 8.11. The van der Waals surface area contributed by atoms with Gasteiger partial charge < -0.3 is 5.32 Å². The molecule has 0 aliphatic rings. The maximum atomic E-state index is 11.5. The summed E-state index contributed by atoms with van der Waals surface area (Å²) < 4.78 is 0. The third-order valence-electron chi connectivity index (χ3n) is 2.20. The molecule has 1 amide bonds. The second-order valence-electron chi connectivity index (χ2n) is 3.99. The molecule has 0 spiro atoms. The maximum absolute atomic E-state index is 11.5. The molecule has 1 heterocycles. The summed E-state index contributed by atoms with van der Waals surface area (Å²) >= 11 is 5.86. The molecule has 0 saturated carbocycles. The first kappa shape index (κ1) is 13.9. The van der Waals surface area contributed by atoms with Gasteiger partial charge in [0.1, 0.15) is 0 Å². The van der Waals surface area contributed by atoms with Crippen molar-refractivity contribution in [3.8, 4) is 0 Å². The van der Waals surface area contributed by atoms with E-state index in [1.165, 1.54) is 0 Å². The second kappa shape index (κ2) is 7.25. The smallest absolute Gasteiger partial charge is 0.234 e. The lowest BCUT2D eigenvalue weighted by atomic mass is 10.3. The van der Waals surface area contributed by atoms with Crippen molar-refractivity contribution in [1.82, 2.24) is 15.2 Å². The third-order valence-corrected chi connectivity index (χ3v) is 2.43. The van der Waals surface area contributed by atoms with Gasteiger partial charge >= 0.3 is 0 Å². The number of hydrogen-bond donors (Lipinski definition) is 1. The van der Waals surface area contributed by atoms with Gasteiger partial charge in [-0.2, -0.15) is 0 Å². The van der Waals surface area contributed by atoms with Crippen LogP contribution in [0.1, 0.15) is 19.0 Å². The lowest BCUT2D eigenvalue weighted by molar-refractivity contribution is -0.122. The molecule has 0 aliphatic carbocycles. The fourth-order valence-electron chi connectivity index (χ4n) is 1.43. The zero-order valence-electron chi connectivity index (χ0n) is 10.2. The van der Waals surface area contributed by atoms with Crippen LogP contribution in [0.3, 0.4) is 0 Å². The second-order valence-corrected chi connectivity index (χ2v) is 4.42. The number of rotatable bonds is 6. The Hall–Kier alpha value is -1.13. The van der Waals surface area contributed by atoms with E-state index in [9.17, 15) is 4.79 Å². The van der Waals surface area contributed by atoms with Gasteiger partial charge in [-0.05, 0) is 25.6 Å². The molecular weight excluding hydrogens is 238 g/mol. The largest absolute Gasteiger partial charge is 0.355 e. The Kier molecular flexibility index (Phi) is 5.94. The van der Waals surface area contributed by atoms with E-state index in [0.717, 1.165) is 18.7 Å². The first-order valence-electron chi connectivity index (χ1n) is 5.67. The Balaban J connectivity index is 2.39. The number of nitrogens with one attached hydrogen (secondary N) is 1. The van der Waals surface area contributed by atoms with Crippen molar-refractivity contribution in [2.24, 2.45) is 0 Å². The molecule has 1 rings (SSSR count). The summed E-state index contributed by atoms with van der Waals surface area (Å²) in [6, 6.07) is 3.54. The van der Waals surface area contributed by atoms with Crippen LogP contribution in [0.5, 0.6) is 0 Å². The highest BCUT2D eigenvalue weighted by atomic mass is 35.5. The Bertz CT molecular complexity index is 371. The molecule has 5 heteroatoms. The molecule has 0 saturated heterocycles. The van der Waals surface area contributed by atoms with Crippen molar-refractivity contribution < 1.29 is 4.79 Å². The van der Waals surface area contributed by atoms with Gasteiger partial charge in [0, 0.05) is 24.3 Å². The van der Waals surface area contributed by atoms with E-state index in [4.69, 9.17) is 11.6 Å². The van der Waals surface area contributed by atoms with E-state index in [1.54, 1.807) is 12.3 Å². The number of amides is 1. The molecule has 0 unspecified atom stereocenters. The number of aromatic nitrogens is 1. The summed E-state index contributed by atoms with van der Waals surface area (Å²) in [7, 11) is 1.88. The predicted molar refractivity (Wildman–Crippen MR) is 68.9 cm³/mol. The molecule has 1 aromatic rings. The Morgan fingerprint density at radius 1 is 1.59 bits per heavy atom. The minimum absolute atomic E-state index is 0.0383. The van der Waals surface area contributed by atoms with Crippen molar-refractivity contribution in [2.45, 2.75) is 19.9 Å². The highest BCUT2D eigenvalue weighted by Crippen LogP contribution is 2.09. The molecule has 0 bridgehead atoms. The molecule has 0 aromatic carbocycles. The number of halogens is 1. The fourth-order valence-corrected chi connectivity index (χ4v) is 1.62.